The van der Waals surface area contributed by atoms with Gasteiger partial charge in [0.15, 0.2) is 0 Å². The van der Waals surface area contributed by atoms with Gasteiger partial charge in [-0.3, -0.25) is 9.78 Å². The lowest BCUT2D eigenvalue weighted by Crippen LogP contribution is -2.33. The Labute approximate surface area is 124 Å². The number of rotatable bonds is 3. The summed E-state index contributed by atoms with van der Waals surface area (Å²) in [5.74, 6) is 0.850. The fourth-order valence-corrected chi connectivity index (χ4v) is 2.71. The van der Waals surface area contributed by atoms with Gasteiger partial charge in [0.05, 0.1) is 12.5 Å². The van der Waals surface area contributed by atoms with Crippen LogP contribution in [0.1, 0.15) is 23.5 Å². The van der Waals surface area contributed by atoms with Gasteiger partial charge in [0.2, 0.25) is 5.91 Å². The van der Waals surface area contributed by atoms with Gasteiger partial charge in [0, 0.05) is 31.5 Å². The minimum atomic E-state index is -0.114. The number of carbonyl (C=O) groups excluding carboxylic acids is 1. The van der Waals surface area contributed by atoms with Crippen LogP contribution >= 0.6 is 0 Å². The Morgan fingerprint density at radius 2 is 2.19 bits per heavy atom. The van der Waals surface area contributed by atoms with E-state index < -0.39 is 0 Å². The number of carbonyl (C=O) groups is 1. The molecule has 4 nitrogen and oxygen atoms in total. The first-order chi connectivity index (χ1) is 10.3. The fourth-order valence-electron chi connectivity index (χ4n) is 2.71. The first kappa shape index (κ1) is 13.6. The van der Waals surface area contributed by atoms with Gasteiger partial charge in [-0.15, -0.1) is 0 Å². The van der Waals surface area contributed by atoms with E-state index in [1.807, 2.05) is 43.4 Å². The summed E-state index contributed by atoms with van der Waals surface area (Å²) in [7, 11) is 1.84. The third-order valence-electron chi connectivity index (χ3n) is 3.78. The number of hydrogen-bond acceptors (Lipinski definition) is 3. The van der Waals surface area contributed by atoms with Crippen LogP contribution in [-0.4, -0.2) is 29.4 Å². The molecule has 1 atom stereocenters. The van der Waals surface area contributed by atoms with E-state index >= 15 is 0 Å². The quantitative estimate of drug-likeness (QED) is 0.869. The van der Waals surface area contributed by atoms with Crippen LogP contribution < -0.4 is 4.74 Å². The first-order valence-corrected chi connectivity index (χ1v) is 7.11. The second kappa shape index (κ2) is 5.95. The van der Waals surface area contributed by atoms with Crippen LogP contribution in [0.4, 0.5) is 0 Å². The lowest BCUT2D eigenvalue weighted by Gasteiger charge is -2.28. The van der Waals surface area contributed by atoms with Crippen molar-refractivity contribution >= 4 is 5.91 Å². The number of hydrogen-bond donors (Lipinski definition) is 0. The number of para-hydroxylation sites is 1. The summed E-state index contributed by atoms with van der Waals surface area (Å²) in [5.41, 5.74) is 2.03. The molecule has 2 heterocycles. The van der Waals surface area contributed by atoms with Crippen molar-refractivity contribution in [2.75, 3.05) is 13.7 Å². The SMILES string of the molecule is CN(Cc1cccnc1)C(=O)C1CCOc2ccccc21. The van der Waals surface area contributed by atoms with E-state index in [0.717, 1.165) is 23.3 Å². The molecule has 0 saturated carbocycles. The van der Waals surface area contributed by atoms with Crippen LogP contribution in [0.3, 0.4) is 0 Å². The summed E-state index contributed by atoms with van der Waals surface area (Å²) >= 11 is 0. The van der Waals surface area contributed by atoms with Gasteiger partial charge in [-0.25, -0.2) is 0 Å². The molecular formula is C17H18N2O2. The number of aromatic nitrogens is 1. The monoisotopic (exact) mass is 282 g/mol. The molecule has 1 aromatic carbocycles. The van der Waals surface area contributed by atoms with E-state index in [1.54, 1.807) is 17.3 Å². The van der Waals surface area contributed by atoms with Crippen LogP contribution in [0.5, 0.6) is 5.75 Å². The van der Waals surface area contributed by atoms with Crippen molar-refractivity contribution in [1.29, 1.82) is 0 Å². The molecule has 3 rings (SSSR count). The normalized spacial score (nSPS) is 16.7. The third-order valence-corrected chi connectivity index (χ3v) is 3.78. The predicted molar refractivity (Wildman–Crippen MR) is 80.0 cm³/mol. The minimum Gasteiger partial charge on any atom is -0.493 e. The molecule has 0 bridgehead atoms. The van der Waals surface area contributed by atoms with Crippen molar-refractivity contribution in [2.24, 2.45) is 0 Å². The van der Waals surface area contributed by atoms with E-state index in [9.17, 15) is 4.79 Å². The Kier molecular flexibility index (Phi) is 3.86. The Morgan fingerprint density at radius 1 is 1.33 bits per heavy atom. The molecule has 108 valence electrons. The van der Waals surface area contributed by atoms with E-state index in [2.05, 4.69) is 4.98 Å². The third kappa shape index (κ3) is 2.89. The molecule has 1 aliphatic rings. The van der Waals surface area contributed by atoms with Gasteiger partial charge in [0.1, 0.15) is 5.75 Å². The van der Waals surface area contributed by atoms with E-state index in [0.29, 0.717) is 13.2 Å². The molecule has 1 unspecified atom stereocenters. The zero-order chi connectivity index (χ0) is 14.7. The summed E-state index contributed by atoms with van der Waals surface area (Å²) in [4.78, 5) is 18.6. The molecule has 1 amide bonds. The molecule has 0 N–H and O–H groups in total. The predicted octanol–water partition coefficient (Wildman–Crippen LogP) is 2.61. The summed E-state index contributed by atoms with van der Waals surface area (Å²) in [6, 6.07) is 11.7. The summed E-state index contributed by atoms with van der Waals surface area (Å²) in [6.07, 6.45) is 4.26. The molecule has 21 heavy (non-hydrogen) atoms. The number of likely N-dealkylation sites (N-methyl/N-ethyl adjacent to an activating group) is 1. The molecule has 0 spiro atoms. The second-order valence-corrected chi connectivity index (χ2v) is 5.28. The zero-order valence-electron chi connectivity index (χ0n) is 12.0. The van der Waals surface area contributed by atoms with Crippen LogP contribution in [0.15, 0.2) is 48.8 Å². The Hall–Kier alpha value is -2.36. The molecule has 4 heteroatoms. The molecule has 0 radical (unpaired) electrons. The molecule has 2 aromatic rings. The van der Waals surface area contributed by atoms with Crippen molar-refractivity contribution in [2.45, 2.75) is 18.9 Å². The largest absolute Gasteiger partial charge is 0.493 e. The molecule has 0 saturated heterocycles. The van der Waals surface area contributed by atoms with Gasteiger partial charge in [-0.05, 0) is 24.1 Å². The average molecular weight is 282 g/mol. The van der Waals surface area contributed by atoms with Gasteiger partial charge >= 0.3 is 0 Å². The van der Waals surface area contributed by atoms with Crippen molar-refractivity contribution in [1.82, 2.24) is 9.88 Å². The Balaban J connectivity index is 1.77. The smallest absolute Gasteiger partial charge is 0.230 e. The number of nitrogens with zero attached hydrogens (tertiary/aromatic N) is 2. The highest BCUT2D eigenvalue weighted by atomic mass is 16.5. The second-order valence-electron chi connectivity index (χ2n) is 5.28. The van der Waals surface area contributed by atoms with E-state index in [-0.39, 0.29) is 11.8 Å². The molecule has 1 aliphatic heterocycles. The topological polar surface area (TPSA) is 42.4 Å². The highest BCUT2D eigenvalue weighted by Gasteiger charge is 2.29. The average Bonchev–Trinajstić information content (AvgIpc) is 2.54. The van der Waals surface area contributed by atoms with E-state index in [1.165, 1.54) is 0 Å². The van der Waals surface area contributed by atoms with Gasteiger partial charge in [-0.2, -0.15) is 0 Å². The fraction of sp³-hybridized carbons (Fsp3) is 0.294. The number of fused-ring (bicyclic) bond motifs is 1. The summed E-state index contributed by atoms with van der Waals surface area (Å²) < 4.78 is 5.62. The van der Waals surface area contributed by atoms with Crippen molar-refractivity contribution < 1.29 is 9.53 Å². The number of ether oxygens (including phenoxy) is 1. The zero-order valence-corrected chi connectivity index (χ0v) is 12.0. The Bertz CT molecular complexity index is 628. The highest BCUT2D eigenvalue weighted by Crippen LogP contribution is 2.34. The number of pyridine rings is 1. The lowest BCUT2D eigenvalue weighted by molar-refractivity contribution is -0.132. The van der Waals surface area contributed by atoms with Crippen LogP contribution in [0, 0.1) is 0 Å². The lowest BCUT2D eigenvalue weighted by atomic mass is 9.92. The maximum atomic E-state index is 12.7. The van der Waals surface area contributed by atoms with Crippen LogP contribution in [0.2, 0.25) is 0 Å². The number of amides is 1. The molecular weight excluding hydrogens is 264 g/mol. The van der Waals surface area contributed by atoms with Crippen molar-refractivity contribution in [3.63, 3.8) is 0 Å². The van der Waals surface area contributed by atoms with Gasteiger partial charge < -0.3 is 9.64 Å². The molecule has 0 aliphatic carbocycles. The van der Waals surface area contributed by atoms with Crippen molar-refractivity contribution in [3.05, 3.63) is 59.9 Å². The van der Waals surface area contributed by atoms with Gasteiger partial charge in [0.25, 0.3) is 0 Å². The highest BCUT2D eigenvalue weighted by molar-refractivity contribution is 5.84. The maximum absolute atomic E-state index is 12.7. The standard InChI is InChI=1S/C17H18N2O2/c1-19(12-13-5-4-9-18-11-13)17(20)15-8-10-21-16-7-3-2-6-14(15)16/h2-7,9,11,15H,8,10,12H2,1H3. The number of benzene rings is 1. The van der Waals surface area contributed by atoms with Gasteiger partial charge in [-0.1, -0.05) is 24.3 Å². The summed E-state index contributed by atoms with van der Waals surface area (Å²) in [6.45, 7) is 1.17. The minimum absolute atomic E-state index is 0.114. The first-order valence-electron chi connectivity index (χ1n) is 7.11. The van der Waals surface area contributed by atoms with Crippen molar-refractivity contribution in [3.8, 4) is 5.75 Å². The van der Waals surface area contributed by atoms with Crippen LogP contribution in [0.25, 0.3) is 0 Å². The molecule has 1 aromatic heterocycles. The van der Waals surface area contributed by atoms with E-state index in [4.69, 9.17) is 4.74 Å². The van der Waals surface area contributed by atoms with Crippen LogP contribution in [-0.2, 0) is 11.3 Å². The Morgan fingerprint density at radius 3 is 3.00 bits per heavy atom. The maximum Gasteiger partial charge on any atom is 0.230 e. The summed E-state index contributed by atoms with van der Waals surface area (Å²) in [5, 5.41) is 0. The molecule has 0 fully saturated rings.